The number of halogens is 1. The Balaban J connectivity index is 1.99. The molecule has 1 atom stereocenters. The van der Waals surface area contributed by atoms with Crippen molar-refractivity contribution in [2.75, 3.05) is 31.1 Å². The number of piperazine rings is 1. The molecule has 100 valence electrons. The summed E-state index contributed by atoms with van der Waals surface area (Å²) in [7, 11) is 0. The van der Waals surface area contributed by atoms with Gasteiger partial charge in [0.05, 0.1) is 0 Å². The maximum Gasteiger partial charge on any atom is 0.128 e. The lowest BCUT2D eigenvalue weighted by molar-refractivity contribution is 0.192. The molecule has 0 aliphatic carbocycles. The summed E-state index contributed by atoms with van der Waals surface area (Å²) in [5.74, 6) is 1.11. The molecule has 0 amide bonds. The minimum atomic E-state index is 0.701. The molecule has 4 heteroatoms. The summed E-state index contributed by atoms with van der Waals surface area (Å²) in [4.78, 5) is 9.47. The summed E-state index contributed by atoms with van der Waals surface area (Å²) in [6, 6.07) is 2.87. The Hall–Kier alpha value is -0.610. The molecule has 1 aromatic rings. The van der Waals surface area contributed by atoms with Crippen LogP contribution in [-0.4, -0.2) is 42.1 Å². The number of anilines is 1. The van der Waals surface area contributed by atoms with Gasteiger partial charge in [-0.05, 0) is 47.8 Å². The van der Waals surface area contributed by atoms with Gasteiger partial charge in [-0.2, -0.15) is 0 Å². The second-order valence-electron chi connectivity index (χ2n) is 5.07. The Labute approximate surface area is 118 Å². The SMILES string of the molecule is CCC(C)N1CCN(c2cc(C)c(Br)cn2)CC1. The van der Waals surface area contributed by atoms with Crippen molar-refractivity contribution in [3.63, 3.8) is 0 Å². The number of aromatic nitrogens is 1. The first-order chi connectivity index (χ1) is 8.61. The topological polar surface area (TPSA) is 19.4 Å². The Morgan fingerprint density at radius 1 is 1.33 bits per heavy atom. The highest BCUT2D eigenvalue weighted by Crippen LogP contribution is 2.21. The first kappa shape index (κ1) is 13.8. The lowest BCUT2D eigenvalue weighted by Crippen LogP contribution is -2.49. The van der Waals surface area contributed by atoms with Crippen LogP contribution in [0.3, 0.4) is 0 Å². The molecular weight excluding hydrogens is 290 g/mol. The molecule has 0 saturated carbocycles. The third-order valence-corrected chi connectivity index (χ3v) is 4.72. The summed E-state index contributed by atoms with van der Waals surface area (Å²) >= 11 is 3.50. The fourth-order valence-electron chi connectivity index (χ4n) is 2.35. The Morgan fingerprint density at radius 3 is 2.56 bits per heavy atom. The molecule has 0 spiro atoms. The standard InChI is InChI=1S/C14H22BrN3/c1-4-12(3)17-5-7-18(8-6-17)14-9-11(2)13(15)10-16-14/h9-10,12H,4-8H2,1-3H3. The van der Waals surface area contributed by atoms with Gasteiger partial charge in [0.2, 0.25) is 0 Å². The van der Waals surface area contributed by atoms with Gasteiger partial charge in [-0.1, -0.05) is 6.92 Å². The van der Waals surface area contributed by atoms with Gasteiger partial charge in [0.1, 0.15) is 5.82 Å². The van der Waals surface area contributed by atoms with Crippen molar-refractivity contribution in [3.8, 4) is 0 Å². The Bertz CT molecular complexity index is 400. The van der Waals surface area contributed by atoms with Crippen molar-refractivity contribution in [1.82, 2.24) is 9.88 Å². The number of pyridine rings is 1. The van der Waals surface area contributed by atoms with Crippen molar-refractivity contribution in [3.05, 3.63) is 22.3 Å². The number of nitrogens with zero attached hydrogens (tertiary/aromatic N) is 3. The van der Waals surface area contributed by atoms with Gasteiger partial charge in [-0.15, -0.1) is 0 Å². The second kappa shape index (κ2) is 6.02. The van der Waals surface area contributed by atoms with E-state index in [4.69, 9.17) is 0 Å². The quantitative estimate of drug-likeness (QED) is 0.855. The van der Waals surface area contributed by atoms with Crippen LogP contribution in [0.15, 0.2) is 16.7 Å². The molecule has 1 fully saturated rings. The van der Waals surface area contributed by atoms with E-state index in [1.807, 2.05) is 6.20 Å². The molecule has 1 aliphatic heterocycles. The fourth-order valence-corrected chi connectivity index (χ4v) is 2.56. The van der Waals surface area contributed by atoms with E-state index < -0.39 is 0 Å². The van der Waals surface area contributed by atoms with Crippen molar-refractivity contribution in [1.29, 1.82) is 0 Å². The molecule has 1 aliphatic rings. The maximum atomic E-state index is 4.51. The van der Waals surface area contributed by atoms with E-state index in [1.165, 1.54) is 12.0 Å². The smallest absolute Gasteiger partial charge is 0.128 e. The van der Waals surface area contributed by atoms with Gasteiger partial charge < -0.3 is 4.90 Å². The molecule has 0 radical (unpaired) electrons. The first-order valence-corrected chi connectivity index (χ1v) is 7.52. The monoisotopic (exact) mass is 311 g/mol. The summed E-state index contributed by atoms with van der Waals surface area (Å²) in [5.41, 5.74) is 1.25. The van der Waals surface area contributed by atoms with Crippen LogP contribution in [0.2, 0.25) is 0 Å². The maximum absolute atomic E-state index is 4.51. The molecule has 0 aromatic carbocycles. The van der Waals surface area contributed by atoms with E-state index in [-0.39, 0.29) is 0 Å². The van der Waals surface area contributed by atoms with Crippen molar-refractivity contribution >= 4 is 21.7 Å². The highest BCUT2D eigenvalue weighted by atomic mass is 79.9. The molecule has 1 aromatic heterocycles. The van der Waals surface area contributed by atoms with Crippen LogP contribution in [0, 0.1) is 6.92 Å². The van der Waals surface area contributed by atoms with E-state index in [2.05, 4.69) is 57.6 Å². The molecular formula is C14H22BrN3. The highest BCUT2D eigenvalue weighted by Gasteiger charge is 2.20. The van der Waals surface area contributed by atoms with Crippen LogP contribution >= 0.6 is 15.9 Å². The zero-order valence-electron chi connectivity index (χ0n) is 11.5. The normalized spacial score (nSPS) is 19.0. The molecule has 1 unspecified atom stereocenters. The third-order valence-electron chi connectivity index (χ3n) is 3.88. The van der Waals surface area contributed by atoms with Crippen LogP contribution in [0.4, 0.5) is 5.82 Å². The summed E-state index contributed by atoms with van der Waals surface area (Å²) in [5, 5.41) is 0. The third kappa shape index (κ3) is 3.04. The Morgan fingerprint density at radius 2 is 2.00 bits per heavy atom. The molecule has 18 heavy (non-hydrogen) atoms. The molecule has 1 saturated heterocycles. The average molecular weight is 312 g/mol. The lowest BCUT2D eigenvalue weighted by Gasteiger charge is -2.38. The van der Waals surface area contributed by atoms with E-state index in [0.29, 0.717) is 6.04 Å². The zero-order chi connectivity index (χ0) is 13.1. The highest BCUT2D eigenvalue weighted by molar-refractivity contribution is 9.10. The van der Waals surface area contributed by atoms with Gasteiger partial charge in [-0.25, -0.2) is 4.98 Å². The second-order valence-corrected chi connectivity index (χ2v) is 5.93. The summed E-state index contributed by atoms with van der Waals surface area (Å²) in [6.45, 7) is 11.1. The van der Waals surface area contributed by atoms with Crippen LogP contribution in [0.25, 0.3) is 0 Å². The number of aryl methyl sites for hydroxylation is 1. The summed E-state index contributed by atoms with van der Waals surface area (Å²) < 4.78 is 1.09. The van der Waals surface area contributed by atoms with E-state index >= 15 is 0 Å². The average Bonchev–Trinajstić information content (AvgIpc) is 2.41. The molecule has 0 N–H and O–H groups in total. The lowest BCUT2D eigenvalue weighted by atomic mass is 10.2. The molecule has 3 nitrogen and oxygen atoms in total. The van der Waals surface area contributed by atoms with Crippen LogP contribution in [0.1, 0.15) is 25.8 Å². The minimum Gasteiger partial charge on any atom is -0.354 e. The van der Waals surface area contributed by atoms with E-state index in [0.717, 1.165) is 36.5 Å². The number of rotatable bonds is 3. The van der Waals surface area contributed by atoms with E-state index in [1.54, 1.807) is 0 Å². The first-order valence-electron chi connectivity index (χ1n) is 6.73. The van der Waals surface area contributed by atoms with Crippen molar-refractivity contribution in [2.24, 2.45) is 0 Å². The van der Waals surface area contributed by atoms with Gasteiger partial charge >= 0.3 is 0 Å². The molecule has 2 heterocycles. The van der Waals surface area contributed by atoms with Crippen LogP contribution in [-0.2, 0) is 0 Å². The zero-order valence-corrected chi connectivity index (χ0v) is 13.1. The van der Waals surface area contributed by atoms with Crippen LogP contribution in [0.5, 0.6) is 0 Å². The minimum absolute atomic E-state index is 0.701. The van der Waals surface area contributed by atoms with Gasteiger partial charge in [0, 0.05) is 42.9 Å². The van der Waals surface area contributed by atoms with Crippen molar-refractivity contribution in [2.45, 2.75) is 33.2 Å². The van der Waals surface area contributed by atoms with Crippen LogP contribution < -0.4 is 4.90 Å². The van der Waals surface area contributed by atoms with Gasteiger partial charge in [-0.3, -0.25) is 4.90 Å². The van der Waals surface area contributed by atoms with Gasteiger partial charge in [0.25, 0.3) is 0 Å². The predicted molar refractivity (Wildman–Crippen MR) is 80.2 cm³/mol. The number of hydrogen-bond acceptors (Lipinski definition) is 3. The predicted octanol–water partition coefficient (Wildman–Crippen LogP) is 3.07. The Kier molecular flexibility index (Phi) is 4.62. The molecule has 2 rings (SSSR count). The van der Waals surface area contributed by atoms with Crippen molar-refractivity contribution < 1.29 is 0 Å². The van der Waals surface area contributed by atoms with Gasteiger partial charge in [0.15, 0.2) is 0 Å². The van der Waals surface area contributed by atoms with E-state index in [9.17, 15) is 0 Å². The fraction of sp³-hybridized carbons (Fsp3) is 0.643. The number of hydrogen-bond donors (Lipinski definition) is 0. The summed E-state index contributed by atoms with van der Waals surface area (Å²) in [6.07, 6.45) is 3.14. The largest absolute Gasteiger partial charge is 0.354 e. The molecule has 0 bridgehead atoms.